The van der Waals surface area contributed by atoms with Crippen molar-refractivity contribution in [3.8, 4) is 0 Å². The van der Waals surface area contributed by atoms with E-state index in [0.29, 0.717) is 11.7 Å². The fraction of sp³-hybridized carbons (Fsp3) is 0.556. The quantitative estimate of drug-likeness (QED) is 0.658. The third kappa shape index (κ3) is 4.35. The fourth-order valence-corrected chi connectivity index (χ4v) is 1.59. The van der Waals surface area contributed by atoms with Gasteiger partial charge in [0, 0.05) is 13.6 Å². The first-order valence-corrected chi connectivity index (χ1v) is 6.05. The molecule has 0 atom stereocenters. The standard InChI is InChI=1S/C9H15N5O2S/c1-3-4-11-6(15)5-12-7(16)8-13-14-9(10-2)17-8/h3-5H2,1-2H3,(H,10,14)(H,11,15)(H,12,16). The summed E-state index contributed by atoms with van der Waals surface area (Å²) in [5.41, 5.74) is 0. The molecular weight excluding hydrogens is 242 g/mol. The van der Waals surface area contributed by atoms with Crippen LogP contribution in [0.3, 0.4) is 0 Å². The minimum Gasteiger partial charge on any atom is -0.363 e. The first-order valence-electron chi connectivity index (χ1n) is 5.23. The van der Waals surface area contributed by atoms with Crippen molar-refractivity contribution in [2.75, 3.05) is 25.5 Å². The van der Waals surface area contributed by atoms with E-state index in [1.54, 1.807) is 7.05 Å². The van der Waals surface area contributed by atoms with Gasteiger partial charge in [-0.05, 0) is 6.42 Å². The van der Waals surface area contributed by atoms with Crippen molar-refractivity contribution >= 4 is 28.3 Å². The van der Waals surface area contributed by atoms with Crippen molar-refractivity contribution in [3.05, 3.63) is 5.01 Å². The Kier molecular flexibility index (Phi) is 5.34. The molecule has 17 heavy (non-hydrogen) atoms. The van der Waals surface area contributed by atoms with E-state index in [4.69, 9.17) is 0 Å². The van der Waals surface area contributed by atoms with Crippen LogP contribution in [0.1, 0.15) is 23.1 Å². The van der Waals surface area contributed by atoms with Gasteiger partial charge >= 0.3 is 0 Å². The maximum absolute atomic E-state index is 11.5. The molecule has 3 N–H and O–H groups in total. The lowest BCUT2D eigenvalue weighted by molar-refractivity contribution is -0.120. The van der Waals surface area contributed by atoms with Crippen LogP contribution in [-0.2, 0) is 4.79 Å². The van der Waals surface area contributed by atoms with E-state index in [-0.39, 0.29) is 17.5 Å². The van der Waals surface area contributed by atoms with Gasteiger partial charge in [0.15, 0.2) is 0 Å². The number of amides is 2. The first-order chi connectivity index (χ1) is 8.17. The number of rotatable bonds is 6. The van der Waals surface area contributed by atoms with Crippen LogP contribution >= 0.6 is 11.3 Å². The largest absolute Gasteiger partial charge is 0.363 e. The van der Waals surface area contributed by atoms with Crippen LogP contribution in [0.5, 0.6) is 0 Å². The summed E-state index contributed by atoms with van der Waals surface area (Å²) in [6, 6.07) is 0. The molecule has 0 radical (unpaired) electrons. The molecule has 0 spiro atoms. The van der Waals surface area contributed by atoms with Crippen LogP contribution < -0.4 is 16.0 Å². The summed E-state index contributed by atoms with van der Waals surface area (Å²) in [6.07, 6.45) is 0.863. The number of nitrogens with zero attached hydrogens (tertiary/aromatic N) is 2. The van der Waals surface area contributed by atoms with Crippen molar-refractivity contribution in [1.29, 1.82) is 0 Å². The summed E-state index contributed by atoms with van der Waals surface area (Å²) in [4.78, 5) is 22.8. The van der Waals surface area contributed by atoms with Crippen LogP contribution in [0.25, 0.3) is 0 Å². The Morgan fingerprint density at radius 1 is 1.29 bits per heavy atom. The summed E-state index contributed by atoms with van der Waals surface area (Å²) < 4.78 is 0. The molecule has 1 rings (SSSR count). The predicted molar refractivity (Wildman–Crippen MR) is 65.1 cm³/mol. The van der Waals surface area contributed by atoms with E-state index in [2.05, 4.69) is 26.1 Å². The van der Waals surface area contributed by atoms with Crippen LogP contribution in [0.2, 0.25) is 0 Å². The fourth-order valence-electron chi connectivity index (χ4n) is 0.979. The minimum absolute atomic E-state index is 0.0483. The Morgan fingerprint density at radius 2 is 2.06 bits per heavy atom. The zero-order valence-electron chi connectivity index (χ0n) is 9.74. The molecule has 0 unspecified atom stereocenters. The smallest absolute Gasteiger partial charge is 0.282 e. The summed E-state index contributed by atoms with van der Waals surface area (Å²) in [6.45, 7) is 2.52. The Bertz CT molecular complexity index is 392. The zero-order valence-corrected chi connectivity index (χ0v) is 10.6. The van der Waals surface area contributed by atoms with Crippen molar-refractivity contribution in [1.82, 2.24) is 20.8 Å². The normalized spacial score (nSPS) is 9.76. The number of carbonyl (C=O) groups is 2. The molecule has 94 valence electrons. The number of anilines is 1. The highest BCUT2D eigenvalue weighted by atomic mass is 32.1. The summed E-state index contributed by atoms with van der Waals surface area (Å²) in [5, 5.41) is 16.1. The van der Waals surface area contributed by atoms with Crippen molar-refractivity contribution in [2.24, 2.45) is 0 Å². The molecule has 0 saturated heterocycles. The molecule has 7 nitrogen and oxygen atoms in total. The molecule has 1 heterocycles. The summed E-state index contributed by atoms with van der Waals surface area (Å²) >= 11 is 1.13. The molecule has 0 fully saturated rings. The van der Waals surface area contributed by atoms with Gasteiger partial charge in [-0.2, -0.15) is 0 Å². The van der Waals surface area contributed by atoms with Gasteiger partial charge in [-0.15, -0.1) is 10.2 Å². The topological polar surface area (TPSA) is 96.0 Å². The molecule has 0 aliphatic rings. The Hall–Kier alpha value is -1.70. The van der Waals surface area contributed by atoms with Crippen LogP contribution in [-0.4, -0.2) is 42.1 Å². The molecule has 1 aromatic heterocycles. The van der Waals surface area contributed by atoms with Gasteiger partial charge in [0.05, 0.1) is 6.54 Å². The number of aromatic nitrogens is 2. The van der Waals surface area contributed by atoms with E-state index in [1.165, 1.54) is 0 Å². The van der Waals surface area contributed by atoms with Gasteiger partial charge in [-0.3, -0.25) is 9.59 Å². The first kappa shape index (κ1) is 13.4. The van der Waals surface area contributed by atoms with E-state index < -0.39 is 5.91 Å². The molecule has 2 amide bonds. The molecule has 0 saturated carbocycles. The second-order valence-electron chi connectivity index (χ2n) is 3.19. The van der Waals surface area contributed by atoms with Gasteiger partial charge in [-0.25, -0.2) is 0 Å². The average molecular weight is 257 g/mol. The number of nitrogens with one attached hydrogen (secondary N) is 3. The summed E-state index contributed by atoms with van der Waals surface area (Å²) in [7, 11) is 1.69. The second kappa shape index (κ2) is 6.79. The minimum atomic E-state index is -0.393. The molecular formula is C9H15N5O2S. The monoisotopic (exact) mass is 257 g/mol. The van der Waals surface area contributed by atoms with Crippen LogP contribution in [0.4, 0.5) is 5.13 Å². The van der Waals surface area contributed by atoms with Gasteiger partial charge in [0.25, 0.3) is 5.91 Å². The molecule has 8 heteroatoms. The van der Waals surface area contributed by atoms with Gasteiger partial charge in [0.1, 0.15) is 0 Å². The number of carbonyl (C=O) groups excluding carboxylic acids is 2. The third-order valence-electron chi connectivity index (χ3n) is 1.81. The van der Waals surface area contributed by atoms with E-state index in [1.807, 2.05) is 6.92 Å². The van der Waals surface area contributed by atoms with Crippen molar-refractivity contribution in [3.63, 3.8) is 0 Å². The highest BCUT2D eigenvalue weighted by molar-refractivity contribution is 7.17. The van der Waals surface area contributed by atoms with E-state index >= 15 is 0 Å². The Morgan fingerprint density at radius 3 is 2.65 bits per heavy atom. The van der Waals surface area contributed by atoms with Crippen LogP contribution in [0.15, 0.2) is 0 Å². The van der Waals surface area contributed by atoms with E-state index in [9.17, 15) is 9.59 Å². The Balaban J connectivity index is 2.36. The maximum Gasteiger partial charge on any atom is 0.282 e. The Labute approximate surface area is 103 Å². The summed E-state index contributed by atoms with van der Waals surface area (Å²) in [5.74, 6) is -0.603. The number of hydrogen-bond donors (Lipinski definition) is 3. The van der Waals surface area contributed by atoms with E-state index in [0.717, 1.165) is 17.8 Å². The van der Waals surface area contributed by atoms with Gasteiger partial charge < -0.3 is 16.0 Å². The predicted octanol–water partition coefficient (Wildman–Crippen LogP) is -0.164. The molecule has 0 aromatic carbocycles. The second-order valence-corrected chi connectivity index (χ2v) is 4.17. The zero-order chi connectivity index (χ0) is 12.7. The molecule has 1 aromatic rings. The highest BCUT2D eigenvalue weighted by Crippen LogP contribution is 2.13. The lowest BCUT2D eigenvalue weighted by atomic mass is 10.4. The molecule has 0 bridgehead atoms. The maximum atomic E-state index is 11.5. The molecule has 0 aliphatic carbocycles. The van der Waals surface area contributed by atoms with Crippen LogP contribution in [0, 0.1) is 0 Å². The lowest BCUT2D eigenvalue weighted by Crippen LogP contribution is -2.37. The van der Waals surface area contributed by atoms with Gasteiger partial charge in [-0.1, -0.05) is 18.3 Å². The highest BCUT2D eigenvalue weighted by Gasteiger charge is 2.12. The molecule has 0 aliphatic heterocycles. The number of hydrogen-bond acceptors (Lipinski definition) is 6. The average Bonchev–Trinajstić information content (AvgIpc) is 2.82. The van der Waals surface area contributed by atoms with Gasteiger partial charge in [0.2, 0.25) is 16.0 Å². The lowest BCUT2D eigenvalue weighted by Gasteiger charge is -2.03. The van der Waals surface area contributed by atoms with Crippen molar-refractivity contribution < 1.29 is 9.59 Å². The third-order valence-corrected chi connectivity index (χ3v) is 2.75. The SMILES string of the molecule is CCCNC(=O)CNC(=O)c1nnc(NC)s1. The van der Waals surface area contributed by atoms with Crippen molar-refractivity contribution in [2.45, 2.75) is 13.3 Å².